The van der Waals surface area contributed by atoms with Gasteiger partial charge in [0.05, 0.1) is 6.42 Å². The van der Waals surface area contributed by atoms with E-state index in [0.29, 0.717) is 5.69 Å². The van der Waals surface area contributed by atoms with E-state index in [2.05, 4.69) is 0 Å². The van der Waals surface area contributed by atoms with Gasteiger partial charge in [-0.15, -0.1) is 0 Å². The van der Waals surface area contributed by atoms with Crippen LogP contribution < -0.4 is 10.6 Å². The molecule has 0 aliphatic rings. The molecule has 1 atom stereocenters. The Morgan fingerprint density at radius 2 is 1.74 bits per heavy atom. The number of benzene rings is 1. The fourth-order valence-corrected chi connectivity index (χ4v) is 1.67. The minimum atomic E-state index is -1.46. The van der Waals surface area contributed by atoms with E-state index in [1.165, 1.54) is 31.2 Å². The highest BCUT2D eigenvalue weighted by Gasteiger charge is 2.31. The molecule has 7 heteroatoms. The van der Waals surface area contributed by atoms with Crippen molar-refractivity contribution in [1.82, 2.24) is 0 Å². The molecule has 0 radical (unpaired) electrons. The number of carboxylic acid groups (broad SMARTS) is 2. The van der Waals surface area contributed by atoms with Crippen LogP contribution in [0.4, 0.5) is 11.4 Å². The van der Waals surface area contributed by atoms with Crippen LogP contribution in [0, 0.1) is 0 Å². The van der Waals surface area contributed by atoms with Gasteiger partial charge < -0.3 is 15.9 Å². The standard InChI is InChI=1S/C12H14N2O5/c1-7(15)14(9-4-2-8(13)3-5-9)10(12(18)19)6-11(16)17/h2-5,10H,6,13H2,1H3,(H,16,17)(H,18,19). The summed E-state index contributed by atoms with van der Waals surface area (Å²) < 4.78 is 0. The second-order valence-corrected chi connectivity index (χ2v) is 3.93. The lowest BCUT2D eigenvalue weighted by Crippen LogP contribution is -2.45. The number of nitrogen functional groups attached to an aromatic ring is 1. The van der Waals surface area contributed by atoms with Gasteiger partial charge in [-0.3, -0.25) is 14.5 Å². The lowest BCUT2D eigenvalue weighted by atomic mass is 10.1. The topological polar surface area (TPSA) is 121 Å². The second kappa shape index (κ2) is 5.85. The molecule has 0 saturated carbocycles. The van der Waals surface area contributed by atoms with Crippen LogP contribution in [0.3, 0.4) is 0 Å². The van der Waals surface area contributed by atoms with Gasteiger partial charge in [-0.05, 0) is 24.3 Å². The van der Waals surface area contributed by atoms with Gasteiger partial charge in [0.15, 0.2) is 0 Å². The Morgan fingerprint density at radius 1 is 1.21 bits per heavy atom. The summed E-state index contributed by atoms with van der Waals surface area (Å²) >= 11 is 0. The highest BCUT2D eigenvalue weighted by molar-refractivity contribution is 5.99. The zero-order chi connectivity index (χ0) is 14.6. The Bertz CT molecular complexity index is 497. The highest BCUT2D eigenvalue weighted by Crippen LogP contribution is 2.21. The average molecular weight is 266 g/mol. The molecule has 0 aromatic heterocycles. The summed E-state index contributed by atoms with van der Waals surface area (Å²) in [7, 11) is 0. The van der Waals surface area contributed by atoms with Crippen molar-refractivity contribution < 1.29 is 24.6 Å². The number of rotatable bonds is 5. The van der Waals surface area contributed by atoms with Crippen LogP contribution in [-0.2, 0) is 14.4 Å². The summed E-state index contributed by atoms with van der Waals surface area (Å²) in [5, 5.41) is 17.8. The number of amides is 1. The Hall–Kier alpha value is -2.57. The van der Waals surface area contributed by atoms with Crippen molar-refractivity contribution in [1.29, 1.82) is 0 Å². The maximum absolute atomic E-state index is 11.6. The first-order chi connectivity index (χ1) is 8.82. The summed E-state index contributed by atoms with van der Waals surface area (Å²) in [6, 6.07) is 4.48. The molecule has 0 saturated heterocycles. The molecule has 0 fully saturated rings. The molecule has 19 heavy (non-hydrogen) atoms. The van der Waals surface area contributed by atoms with Gasteiger partial charge >= 0.3 is 11.9 Å². The van der Waals surface area contributed by atoms with Crippen molar-refractivity contribution in [3.8, 4) is 0 Å². The lowest BCUT2D eigenvalue weighted by molar-refractivity contribution is -0.145. The Labute approximate surface area is 109 Å². The lowest BCUT2D eigenvalue weighted by Gasteiger charge is -2.27. The number of nitrogens with two attached hydrogens (primary N) is 1. The highest BCUT2D eigenvalue weighted by atomic mass is 16.4. The Balaban J connectivity index is 3.17. The summed E-state index contributed by atoms with van der Waals surface area (Å²) in [6.07, 6.45) is -0.681. The van der Waals surface area contributed by atoms with Crippen LogP contribution in [-0.4, -0.2) is 34.1 Å². The van der Waals surface area contributed by atoms with E-state index in [9.17, 15) is 14.4 Å². The molecule has 1 amide bonds. The predicted octanol–water partition coefficient (Wildman–Crippen LogP) is 0.550. The normalized spacial score (nSPS) is 11.6. The maximum atomic E-state index is 11.6. The first-order valence-electron chi connectivity index (χ1n) is 5.43. The van der Waals surface area contributed by atoms with Crippen molar-refractivity contribution >= 4 is 29.2 Å². The molecule has 4 N–H and O–H groups in total. The van der Waals surface area contributed by atoms with E-state index in [1.54, 1.807) is 0 Å². The summed E-state index contributed by atoms with van der Waals surface area (Å²) in [6.45, 7) is 1.17. The van der Waals surface area contributed by atoms with Crippen molar-refractivity contribution in [2.75, 3.05) is 10.6 Å². The quantitative estimate of drug-likeness (QED) is 0.669. The van der Waals surface area contributed by atoms with Crippen LogP contribution in [0.25, 0.3) is 0 Å². The number of hydrogen-bond donors (Lipinski definition) is 3. The van der Waals surface area contributed by atoms with Crippen molar-refractivity contribution in [3.63, 3.8) is 0 Å². The molecule has 0 bridgehead atoms. The summed E-state index contributed by atoms with van der Waals surface area (Å²) in [5.74, 6) is -3.23. The van der Waals surface area contributed by atoms with Gasteiger partial charge in [-0.1, -0.05) is 0 Å². The number of aliphatic carboxylic acids is 2. The third-order valence-electron chi connectivity index (χ3n) is 2.48. The molecule has 0 aliphatic carbocycles. The molecule has 0 heterocycles. The van der Waals surface area contributed by atoms with E-state index in [-0.39, 0.29) is 5.69 Å². The molecule has 0 aliphatic heterocycles. The average Bonchev–Trinajstić information content (AvgIpc) is 2.29. The molecule has 0 spiro atoms. The Kier molecular flexibility index (Phi) is 4.46. The monoisotopic (exact) mass is 266 g/mol. The largest absolute Gasteiger partial charge is 0.481 e. The molecular weight excluding hydrogens is 252 g/mol. The molecule has 1 rings (SSSR count). The van der Waals surface area contributed by atoms with E-state index < -0.39 is 30.3 Å². The molecule has 7 nitrogen and oxygen atoms in total. The van der Waals surface area contributed by atoms with Crippen LogP contribution in [0.2, 0.25) is 0 Å². The Morgan fingerprint density at radius 3 is 2.11 bits per heavy atom. The molecule has 1 aromatic rings. The van der Waals surface area contributed by atoms with Gasteiger partial charge in [0.25, 0.3) is 0 Å². The number of hydrogen-bond acceptors (Lipinski definition) is 4. The SMILES string of the molecule is CC(=O)N(c1ccc(N)cc1)C(CC(=O)O)C(=O)O. The van der Waals surface area contributed by atoms with Crippen molar-refractivity contribution in [2.45, 2.75) is 19.4 Å². The van der Waals surface area contributed by atoms with E-state index in [1.807, 2.05) is 0 Å². The van der Waals surface area contributed by atoms with Gasteiger partial charge in [-0.2, -0.15) is 0 Å². The van der Waals surface area contributed by atoms with Gasteiger partial charge in [0.1, 0.15) is 6.04 Å². The zero-order valence-electron chi connectivity index (χ0n) is 10.2. The first kappa shape index (κ1) is 14.5. The third kappa shape index (κ3) is 3.70. The van der Waals surface area contributed by atoms with Crippen LogP contribution >= 0.6 is 0 Å². The fourth-order valence-electron chi connectivity index (χ4n) is 1.67. The van der Waals surface area contributed by atoms with Gasteiger partial charge in [0.2, 0.25) is 5.91 Å². The molecule has 102 valence electrons. The summed E-state index contributed by atoms with van der Waals surface area (Å²) in [5.41, 5.74) is 6.25. The molecule has 1 unspecified atom stereocenters. The maximum Gasteiger partial charge on any atom is 0.327 e. The minimum Gasteiger partial charge on any atom is -0.481 e. The van der Waals surface area contributed by atoms with E-state index in [4.69, 9.17) is 15.9 Å². The smallest absolute Gasteiger partial charge is 0.327 e. The van der Waals surface area contributed by atoms with Crippen molar-refractivity contribution in [2.24, 2.45) is 0 Å². The van der Waals surface area contributed by atoms with Crippen LogP contribution in [0.1, 0.15) is 13.3 Å². The van der Waals surface area contributed by atoms with Crippen LogP contribution in [0.5, 0.6) is 0 Å². The minimum absolute atomic E-state index is 0.287. The second-order valence-electron chi connectivity index (χ2n) is 3.93. The zero-order valence-corrected chi connectivity index (χ0v) is 10.2. The van der Waals surface area contributed by atoms with Crippen molar-refractivity contribution in [3.05, 3.63) is 24.3 Å². The van der Waals surface area contributed by atoms with Crippen LogP contribution in [0.15, 0.2) is 24.3 Å². The molecular formula is C12H14N2O5. The number of nitrogens with zero attached hydrogens (tertiary/aromatic N) is 1. The first-order valence-corrected chi connectivity index (χ1v) is 5.43. The fraction of sp³-hybridized carbons (Fsp3) is 0.250. The van der Waals surface area contributed by atoms with E-state index >= 15 is 0 Å². The number of carbonyl (C=O) groups excluding carboxylic acids is 1. The summed E-state index contributed by atoms with van der Waals surface area (Å²) in [4.78, 5) is 34.4. The van der Waals surface area contributed by atoms with Gasteiger partial charge in [0, 0.05) is 18.3 Å². The van der Waals surface area contributed by atoms with Gasteiger partial charge in [-0.25, -0.2) is 4.79 Å². The molecule has 1 aromatic carbocycles. The number of carboxylic acids is 2. The van der Waals surface area contributed by atoms with E-state index in [0.717, 1.165) is 4.90 Å². The third-order valence-corrected chi connectivity index (χ3v) is 2.48. The number of anilines is 2. The number of carbonyl (C=O) groups is 3. The predicted molar refractivity (Wildman–Crippen MR) is 67.7 cm³/mol.